The highest BCUT2D eigenvalue weighted by Crippen LogP contribution is 2.21. The van der Waals surface area contributed by atoms with E-state index in [4.69, 9.17) is 9.26 Å². The first-order valence-corrected chi connectivity index (χ1v) is 7.61. The number of benzene rings is 1. The Bertz CT molecular complexity index is 659. The maximum absolute atomic E-state index is 11.8. The van der Waals surface area contributed by atoms with Crippen molar-refractivity contribution in [3.05, 3.63) is 30.2 Å². The highest BCUT2D eigenvalue weighted by molar-refractivity contribution is 5.76. The van der Waals surface area contributed by atoms with Crippen LogP contribution in [0.2, 0.25) is 0 Å². The summed E-state index contributed by atoms with van der Waals surface area (Å²) < 4.78 is 10.4. The van der Waals surface area contributed by atoms with Crippen LogP contribution in [0.15, 0.2) is 28.8 Å². The fourth-order valence-electron chi connectivity index (χ4n) is 2.09. The summed E-state index contributed by atoms with van der Waals surface area (Å²) in [4.78, 5) is 16.1. The van der Waals surface area contributed by atoms with E-state index in [0.717, 1.165) is 11.3 Å². The molecule has 23 heavy (non-hydrogen) atoms. The molecule has 0 atom stereocenters. The van der Waals surface area contributed by atoms with E-state index in [2.05, 4.69) is 15.5 Å². The molecule has 1 aromatic carbocycles. The van der Waals surface area contributed by atoms with E-state index in [-0.39, 0.29) is 11.3 Å². The van der Waals surface area contributed by atoms with Gasteiger partial charge in [-0.1, -0.05) is 38.1 Å². The Morgan fingerprint density at radius 3 is 2.83 bits per heavy atom. The van der Waals surface area contributed by atoms with Gasteiger partial charge in [0.05, 0.1) is 7.11 Å². The molecule has 1 heterocycles. The Morgan fingerprint density at radius 1 is 1.35 bits per heavy atom. The molecule has 1 N–H and O–H groups in total. The molecule has 0 bridgehead atoms. The van der Waals surface area contributed by atoms with Crippen LogP contribution in [0.5, 0.6) is 5.75 Å². The van der Waals surface area contributed by atoms with Crippen LogP contribution in [0.3, 0.4) is 0 Å². The molecule has 0 saturated carbocycles. The van der Waals surface area contributed by atoms with Crippen LogP contribution in [0, 0.1) is 5.41 Å². The molecule has 0 spiro atoms. The molecule has 1 aromatic heterocycles. The Balaban J connectivity index is 1.89. The summed E-state index contributed by atoms with van der Waals surface area (Å²) in [7, 11) is 1.61. The summed E-state index contributed by atoms with van der Waals surface area (Å²) in [6.45, 7) is 6.58. The van der Waals surface area contributed by atoms with Gasteiger partial charge in [0.1, 0.15) is 5.75 Å². The van der Waals surface area contributed by atoms with Gasteiger partial charge in [-0.2, -0.15) is 4.98 Å². The Kier molecular flexibility index (Phi) is 5.36. The average molecular weight is 317 g/mol. The lowest BCUT2D eigenvalue weighted by molar-refractivity contribution is -0.122. The Hall–Kier alpha value is -2.37. The number of nitrogens with zero attached hydrogens (tertiary/aromatic N) is 2. The van der Waals surface area contributed by atoms with Crippen LogP contribution >= 0.6 is 0 Å². The molecule has 0 aliphatic rings. The Morgan fingerprint density at radius 2 is 2.13 bits per heavy atom. The van der Waals surface area contributed by atoms with Gasteiger partial charge < -0.3 is 14.6 Å². The molecule has 2 aromatic rings. The average Bonchev–Trinajstić information content (AvgIpc) is 2.94. The van der Waals surface area contributed by atoms with Crippen LogP contribution in [-0.4, -0.2) is 29.7 Å². The smallest absolute Gasteiger partial charge is 0.228 e. The van der Waals surface area contributed by atoms with Crippen molar-refractivity contribution in [2.24, 2.45) is 5.41 Å². The minimum absolute atomic E-state index is 0.0197. The van der Waals surface area contributed by atoms with E-state index < -0.39 is 0 Å². The van der Waals surface area contributed by atoms with E-state index in [1.807, 2.05) is 45.0 Å². The van der Waals surface area contributed by atoms with Gasteiger partial charge in [0.15, 0.2) is 0 Å². The topological polar surface area (TPSA) is 77.3 Å². The number of carbonyl (C=O) groups excluding carboxylic acids is 1. The number of rotatable bonds is 6. The molecule has 6 heteroatoms. The molecular formula is C17H23N3O3. The quantitative estimate of drug-likeness (QED) is 0.886. The minimum Gasteiger partial charge on any atom is -0.497 e. The molecule has 0 aliphatic heterocycles. The van der Waals surface area contributed by atoms with Crippen molar-refractivity contribution in [2.75, 3.05) is 13.7 Å². The summed E-state index contributed by atoms with van der Waals surface area (Å²) in [6.07, 6.45) is 0.999. The SMILES string of the molecule is COc1cccc(-c2noc(CCNC(=O)CC(C)(C)C)n2)c1. The van der Waals surface area contributed by atoms with Gasteiger partial charge in [0.25, 0.3) is 0 Å². The predicted octanol–water partition coefficient (Wildman–Crippen LogP) is 2.84. The summed E-state index contributed by atoms with van der Waals surface area (Å²) in [5.41, 5.74) is 0.810. The largest absolute Gasteiger partial charge is 0.497 e. The number of carbonyl (C=O) groups is 1. The van der Waals surface area contributed by atoms with Gasteiger partial charge in [-0.25, -0.2) is 0 Å². The summed E-state index contributed by atoms with van der Waals surface area (Å²) >= 11 is 0. The van der Waals surface area contributed by atoms with E-state index in [1.165, 1.54) is 0 Å². The van der Waals surface area contributed by atoms with Gasteiger partial charge in [-0.05, 0) is 17.5 Å². The van der Waals surface area contributed by atoms with Gasteiger partial charge in [0.2, 0.25) is 17.6 Å². The van der Waals surface area contributed by atoms with Crippen LogP contribution in [0.1, 0.15) is 33.1 Å². The molecule has 6 nitrogen and oxygen atoms in total. The van der Waals surface area contributed by atoms with Crippen molar-refractivity contribution in [3.8, 4) is 17.1 Å². The number of methoxy groups -OCH3 is 1. The number of amides is 1. The van der Waals surface area contributed by atoms with Crippen molar-refractivity contribution in [1.29, 1.82) is 0 Å². The number of ether oxygens (including phenoxy) is 1. The van der Waals surface area contributed by atoms with Crippen molar-refractivity contribution in [1.82, 2.24) is 15.5 Å². The molecule has 0 saturated heterocycles. The zero-order chi connectivity index (χ0) is 16.9. The highest BCUT2D eigenvalue weighted by atomic mass is 16.5. The first kappa shape index (κ1) is 17.0. The summed E-state index contributed by atoms with van der Waals surface area (Å²) in [5.74, 6) is 1.78. The number of hydrogen-bond donors (Lipinski definition) is 1. The third-order valence-corrected chi connectivity index (χ3v) is 3.15. The van der Waals surface area contributed by atoms with Crippen molar-refractivity contribution >= 4 is 5.91 Å². The fraction of sp³-hybridized carbons (Fsp3) is 0.471. The van der Waals surface area contributed by atoms with E-state index in [9.17, 15) is 4.79 Å². The third-order valence-electron chi connectivity index (χ3n) is 3.15. The minimum atomic E-state index is -0.0197. The van der Waals surface area contributed by atoms with Crippen LogP contribution < -0.4 is 10.1 Å². The van der Waals surface area contributed by atoms with Crippen LogP contribution in [0.25, 0.3) is 11.4 Å². The first-order chi connectivity index (χ1) is 10.9. The molecule has 1 amide bonds. The van der Waals surface area contributed by atoms with Crippen molar-refractivity contribution in [3.63, 3.8) is 0 Å². The zero-order valence-corrected chi connectivity index (χ0v) is 14.0. The van der Waals surface area contributed by atoms with E-state index in [0.29, 0.717) is 31.1 Å². The predicted molar refractivity (Wildman–Crippen MR) is 87.1 cm³/mol. The van der Waals surface area contributed by atoms with Gasteiger partial charge in [-0.15, -0.1) is 0 Å². The molecule has 0 fully saturated rings. The molecule has 0 radical (unpaired) electrons. The van der Waals surface area contributed by atoms with Crippen LogP contribution in [-0.2, 0) is 11.2 Å². The van der Waals surface area contributed by atoms with Gasteiger partial charge in [0, 0.05) is 24.9 Å². The van der Waals surface area contributed by atoms with Crippen molar-refractivity contribution in [2.45, 2.75) is 33.6 Å². The van der Waals surface area contributed by atoms with Gasteiger partial charge >= 0.3 is 0 Å². The maximum Gasteiger partial charge on any atom is 0.228 e. The normalized spacial score (nSPS) is 11.3. The maximum atomic E-state index is 11.8. The first-order valence-electron chi connectivity index (χ1n) is 7.61. The number of aromatic nitrogens is 2. The summed E-state index contributed by atoms with van der Waals surface area (Å²) in [6, 6.07) is 7.47. The lowest BCUT2D eigenvalue weighted by atomic mass is 9.92. The monoisotopic (exact) mass is 317 g/mol. The molecule has 124 valence electrons. The summed E-state index contributed by atoms with van der Waals surface area (Å²) in [5, 5.41) is 6.83. The lowest BCUT2D eigenvalue weighted by Crippen LogP contribution is -2.29. The lowest BCUT2D eigenvalue weighted by Gasteiger charge is -2.16. The second-order valence-electron chi connectivity index (χ2n) is 6.58. The Labute approximate surface area is 136 Å². The molecule has 0 unspecified atom stereocenters. The highest BCUT2D eigenvalue weighted by Gasteiger charge is 2.16. The number of hydrogen-bond acceptors (Lipinski definition) is 5. The van der Waals surface area contributed by atoms with E-state index in [1.54, 1.807) is 7.11 Å². The standard InChI is InChI=1S/C17H23N3O3/c1-17(2,3)11-14(21)18-9-8-15-19-16(20-23-15)12-6-5-7-13(10-12)22-4/h5-7,10H,8-9,11H2,1-4H3,(H,18,21). The van der Waals surface area contributed by atoms with Gasteiger partial charge in [-0.3, -0.25) is 4.79 Å². The fourth-order valence-corrected chi connectivity index (χ4v) is 2.09. The van der Waals surface area contributed by atoms with Crippen molar-refractivity contribution < 1.29 is 14.1 Å². The molecule has 2 rings (SSSR count). The molecular weight excluding hydrogens is 294 g/mol. The molecule has 0 aliphatic carbocycles. The van der Waals surface area contributed by atoms with E-state index >= 15 is 0 Å². The second-order valence-corrected chi connectivity index (χ2v) is 6.58. The number of nitrogens with one attached hydrogen (secondary N) is 1. The second kappa shape index (κ2) is 7.26. The van der Waals surface area contributed by atoms with Crippen LogP contribution in [0.4, 0.5) is 0 Å². The zero-order valence-electron chi connectivity index (χ0n) is 14.0. The third kappa shape index (κ3) is 5.39.